The molecule has 4 heteroatoms. The molecule has 2 heterocycles. The Balaban J connectivity index is 1.76. The number of nitrogens with zero attached hydrogens (tertiary/aromatic N) is 1. The van der Waals surface area contributed by atoms with Crippen LogP contribution in [0.2, 0.25) is 0 Å². The lowest BCUT2D eigenvalue weighted by atomic mass is 10.0. The molecule has 2 aromatic rings. The molecule has 1 aromatic heterocycles. The average molecular weight is 296 g/mol. The fourth-order valence-electron chi connectivity index (χ4n) is 2.78. The van der Waals surface area contributed by atoms with Gasteiger partial charge in [-0.2, -0.15) is 0 Å². The highest BCUT2D eigenvalue weighted by Gasteiger charge is 2.31. The van der Waals surface area contributed by atoms with Crippen molar-refractivity contribution in [3.05, 3.63) is 53.3 Å². The third-order valence-corrected chi connectivity index (χ3v) is 3.85. The van der Waals surface area contributed by atoms with E-state index in [2.05, 4.69) is 24.1 Å². The summed E-state index contributed by atoms with van der Waals surface area (Å²) in [5.41, 5.74) is 3.68. The van der Waals surface area contributed by atoms with Gasteiger partial charge in [0.25, 0.3) is 0 Å². The van der Waals surface area contributed by atoms with Crippen LogP contribution in [0.3, 0.4) is 0 Å². The molecule has 0 bridgehead atoms. The van der Waals surface area contributed by atoms with Gasteiger partial charge in [-0.15, -0.1) is 0 Å². The molecule has 1 aliphatic heterocycles. The summed E-state index contributed by atoms with van der Waals surface area (Å²) in [4.78, 5) is 16.4. The maximum absolute atomic E-state index is 12.3. The van der Waals surface area contributed by atoms with Crippen LogP contribution in [0, 0.1) is 6.92 Å². The number of nitrogens with one attached hydrogen (secondary N) is 1. The number of carbonyl (C=O) groups is 1. The lowest BCUT2D eigenvalue weighted by molar-refractivity contribution is -0.115. The second-order valence-corrected chi connectivity index (χ2v) is 6.36. The normalized spacial score (nSPS) is 15.0. The number of aryl methyl sites for hydroxylation is 1. The summed E-state index contributed by atoms with van der Waals surface area (Å²) in [6.07, 6.45) is 4.67. The van der Waals surface area contributed by atoms with Gasteiger partial charge in [-0.1, -0.05) is 12.1 Å². The lowest BCUT2D eigenvalue weighted by Crippen LogP contribution is -2.25. The lowest BCUT2D eigenvalue weighted by Gasteiger charge is -2.18. The first kappa shape index (κ1) is 14.6. The van der Waals surface area contributed by atoms with Crippen LogP contribution in [0.25, 0.3) is 0 Å². The number of amides is 1. The number of carbonyl (C=O) groups excluding carboxylic acids is 1. The maximum atomic E-state index is 12.3. The van der Waals surface area contributed by atoms with Crippen LogP contribution in [0.4, 0.5) is 5.69 Å². The highest BCUT2D eigenvalue weighted by atomic mass is 16.5. The molecule has 3 rings (SSSR count). The average Bonchev–Trinajstić information content (AvgIpc) is 2.76. The number of aromatic nitrogens is 1. The Bertz CT molecular complexity index is 723. The second kappa shape index (κ2) is 5.44. The number of hydrogen-bond donors (Lipinski definition) is 1. The molecule has 0 unspecified atom stereocenters. The van der Waals surface area contributed by atoms with Crippen LogP contribution in [0.15, 0.2) is 36.7 Å². The van der Waals surface area contributed by atoms with Gasteiger partial charge in [0.2, 0.25) is 5.91 Å². The SMILES string of the molecule is Cc1cnccc1CC(=O)Nc1cccc2c1OC(C)(C)C2. The summed E-state index contributed by atoms with van der Waals surface area (Å²) < 4.78 is 5.98. The van der Waals surface area contributed by atoms with Crippen LogP contribution in [0.1, 0.15) is 30.5 Å². The van der Waals surface area contributed by atoms with Crippen LogP contribution in [0.5, 0.6) is 5.75 Å². The van der Waals surface area contributed by atoms with Crippen molar-refractivity contribution in [1.29, 1.82) is 0 Å². The summed E-state index contributed by atoms with van der Waals surface area (Å²) in [6.45, 7) is 6.07. The number of para-hydroxylation sites is 1. The highest BCUT2D eigenvalue weighted by molar-refractivity contribution is 5.94. The van der Waals surface area contributed by atoms with Crippen molar-refractivity contribution >= 4 is 11.6 Å². The monoisotopic (exact) mass is 296 g/mol. The molecular weight excluding hydrogens is 276 g/mol. The number of hydrogen-bond acceptors (Lipinski definition) is 3. The molecule has 22 heavy (non-hydrogen) atoms. The summed E-state index contributed by atoms with van der Waals surface area (Å²) >= 11 is 0. The molecule has 1 aliphatic rings. The third-order valence-electron chi connectivity index (χ3n) is 3.85. The van der Waals surface area contributed by atoms with Gasteiger partial charge in [-0.05, 0) is 44.0 Å². The van der Waals surface area contributed by atoms with Gasteiger partial charge in [0.05, 0.1) is 12.1 Å². The molecule has 1 N–H and O–H groups in total. The van der Waals surface area contributed by atoms with Crippen molar-refractivity contribution in [2.24, 2.45) is 0 Å². The number of ether oxygens (including phenoxy) is 1. The summed E-state index contributed by atoms with van der Waals surface area (Å²) in [5, 5.41) is 2.97. The van der Waals surface area contributed by atoms with E-state index >= 15 is 0 Å². The molecule has 4 nitrogen and oxygen atoms in total. The van der Waals surface area contributed by atoms with E-state index < -0.39 is 0 Å². The third kappa shape index (κ3) is 2.96. The fraction of sp³-hybridized carbons (Fsp3) is 0.333. The Kier molecular flexibility index (Phi) is 3.61. The van der Waals surface area contributed by atoms with E-state index in [0.29, 0.717) is 6.42 Å². The highest BCUT2D eigenvalue weighted by Crippen LogP contribution is 2.40. The van der Waals surface area contributed by atoms with Gasteiger partial charge in [-0.25, -0.2) is 0 Å². The Labute approximate surface area is 130 Å². The smallest absolute Gasteiger partial charge is 0.228 e. The Morgan fingerprint density at radius 2 is 2.18 bits per heavy atom. The summed E-state index contributed by atoms with van der Waals surface area (Å²) in [5.74, 6) is 0.753. The Hall–Kier alpha value is -2.36. The summed E-state index contributed by atoms with van der Waals surface area (Å²) in [7, 11) is 0. The van der Waals surface area contributed by atoms with E-state index in [9.17, 15) is 4.79 Å². The molecule has 0 fully saturated rings. The minimum Gasteiger partial charge on any atom is -0.485 e. The minimum absolute atomic E-state index is 0.0454. The van der Waals surface area contributed by atoms with E-state index in [1.54, 1.807) is 12.4 Å². The maximum Gasteiger partial charge on any atom is 0.228 e. The van der Waals surface area contributed by atoms with Crippen molar-refractivity contribution in [1.82, 2.24) is 4.98 Å². The van der Waals surface area contributed by atoms with E-state index in [-0.39, 0.29) is 11.5 Å². The van der Waals surface area contributed by atoms with E-state index in [1.807, 2.05) is 31.2 Å². The van der Waals surface area contributed by atoms with Gasteiger partial charge >= 0.3 is 0 Å². The van der Waals surface area contributed by atoms with Crippen molar-refractivity contribution in [3.63, 3.8) is 0 Å². The predicted molar refractivity (Wildman–Crippen MR) is 86.2 cm³/mol. The predicted octanol–water partition coefficient (Wildman–Crippen LogP) is 3.28. The summed E-state index contributed by atoms with van der Waals surface area (Å²) in [6, 6.07) is 7.77. The minimum atomic E-state index is -0.217. The van der Waals surface area contributed by atoms with Gasteiger partial charge < -0.3 is 10.1 Å². The number of rotatable bonds is 3. The topological polar surface area (TPSA) is 51.2 Å². The molecule has 0 spiro atoms. The molecule has 0 atom stereocenters. The van der Waals surface area contributed by atoms with Crippen LogP contribution in [-0.4, -0.2) is 16.5 Å². The van der Waals surface area contributed by atoms with Crippen LogP contribution < -0.4 is 10.1 Å². The van der Waals surface area contributed by atoms with Gasteiger partial charge in [0, 0.05) is 24.4 Å². The van der Waals surface area contributed by atoms with Gasteiger partial charge in [0.1, 0.15) is 11.4 Å². The molecular formula is C18H20N2O2. The molecule has 114 valence electrons. The standard InChI is InChI=1S/C18H20N2O2/c1-12-11-19-8-7-13(12)9-16(21)20-15-6-4-5-14-10-18(2,3)22-17(14)15/h4-8,11H,9-10H2,1-3H3,(H,20,21). The molecule has 0 saturated heterocycles. The van der Waals surface area contributed by atoms with Crippen molar-refractivity contribution in [3.8, 4) is 5.75 Å². The molecule has 0 aliphatic carbocycles. The van der Waals surface area contributed by atoms with Crippen LogP contribution in [-0.2, 0) is 17.6 Å². The number of pyridine rings is 1. The Morgan fingerprint density at radius 1 is 1.36 bits per heavy atom. The first-order valence-electron chi connectivity index (χ1n) is 7.45. The number of anilines is 1. The van der Waals surface area contributed by atoms with Crippen molar-refractivity contribution < 1.29 is 9.53 Å². The first-order valence-corrected chi connectivity index (χ1v) is 7.45. The molecule has 1 aromatic carbocycles. The van der Waals surface area contributed by atoms with Crippen molar-refractivity contribution in [2.75, 3.05) is 5.32 Å². The molecule has 0 radical (unpaired) electrons. The van der Waals surface area contributed by atoms with Crippen LogP contribution >= 0.6 is 0 Å². The number of fused-ring (bicyclic) bond motifs is 1. The zero-order valence-corrected chi connectivity index (χ0v) is 13.1. The quantitative estimate of drug-likeness (QED) is 0.945. The van der Waals surface area contributed by atoms with E-state index in [4.69, 9.17) is 4.74 Å². The van der Waals surface area contributed by atoms with Crippen molar-refractivity contribution in [2.45, 2.75) is 39.2 Å². The zero-order chi connectivity index (χ0) is 15.7. The number of benzene rings is 1. The molecule has 0 saturated carbocycles. The van der Waals surface area contributed by atoms with Gasteiger partial charge in [-0.3, -0.25) is 9.78 Å². The first-order chi connectivity index (χ1) is 10.4. The molecule has 1 amide bonds. The van der Waals surface area contributed by atoms with E-state index in [0.717, 1.165) is 34.5 Å². The largest absolute Gasteiger partial charge is 0.485 e. The zero-order valence-electron chi connectivity index (χ0n) is 13.1. The second-order valence-electron chi connectivity index (χ2n) is 6.36. The fourth-order valence-corrected chi connectivity index (χ4v) is 2.78. The Morgan fingerprint density at radius 3 is 2.95 bits per heavy atom. The van der Waals surface area contributed by atoms with Gasteiger partial charge in [0.15, 0.2) is 0 Å². The van der Waals surface area contributed by atoms with E-state index in [1.165, 1.54) is 0 Å².